The van der Waals surface area contributed by atoms with Gasteiger partial charge in [0.1, 0.15) is 6.07 Å². The summed E-state index contributed by atoms with van der Waals surface area (Å²) in [5.41, 5.74) is 2.60. The van der Waals surface area contributed by atoms with Crippen molar-refractivity contribution in [2.45, 2.75) is 6.42 Å². The Bertz CT molecular complexity index is 456. The zero-order valence-electron chi connectivity index (χ0n) is 8.76. The second-order valence-electron chi connectivity index (χ2n) is 3.62. The van der Waals surface area contributed by atoms with Crippen LogP contribution in [0.2, 0.25) is 0 Å². The SMILES string of the molecule is N#Cc1ccc(C2=CCN(C=O)CC2)nc1. The molecule has 1 amide bonds. The molecule has 0 unspecified atom stereocenters. The van der Waals surface area contributed by atoms with Crippen LogP contribution in [0.25, 0.3) is 5.57 Å². The largest absolute Gasteiger partial charge is 0.341 e. The van der Waals surface area contributed by atoms with Crippen molar-refractivity contribution in [3.8, 4) is 6.07 Å². The van der Waals surface area contributed by atoms with Gasteiger partial charge in [0.2, 0.25) is 6.41 Å². The van der Waals surface area contributed by atoms with E-state index in [9.17, 15) is 4.79 Å². The van der Waals surface area contributed by atoms with E-state index in [1.54, 1.807) is 17.2 Å². The maximum atomic E-state index is 10.5. The number of aromatic nitrogens is 1. The van der Waals surface area contributed by atoms with E-state index in [0.29, 0.717) is 12.1 Å². The highest BCUT2D eigenvalue weighted by atomic mass is 16.1. The third kappa shape index (κ3) is 2.09. The van der Waals surface area contributed by atoms with Crippen LogP contribution < -0.4 is 0 Å². The Hall–Kier alpha value is -2.15. The molecular weight excluding hydrogens is 202 g/mol. The Kier molecular flexibility index (Phi) is 2.97. The van der Waals surface area contributed by atoms with Gasteiger partial charge in [-0.2, -0.15) is 5.26 Å². The Morgan fingerprint density at radius 2 is 2.38 bits per heavy atom. The maximum Gasteiger partial charge on any atom is 0.209 e. The summed E-state index contributed by atoms with van der Waals surface area (Å²) in [7, 11) is 0. The first-order valence-corrected chi connectivity index (χ1v) is 5.08. The van der Waals surface area contributed by atoms with Crippen molar-refractivity contribution in [2.24, 2.45) is 0 Å². The summed E-state index contributed by atoms with van der Waals surface area (Å²) < 4.78 is 0. The molecule has 0 spiro atoms. The van der Waals surface area contributed by atoms with Crippen LogP contribution in [-0.2, 0) is 4.79 Å². The molecule has 1 aromatic rings. The number of rotatable bonds is 2. The minimum atomic E-state index is 0.565. The number of pyridine rings is 1. The number of carbonyl (C=O) groups excluding carboxylic acids is 1. The Labute approximate surface area is 93.8 Å². The monoisotopic (exact) mass is 213 g/mol. The number of hydrogen-bond donors (Lipinski definition) is 0. The number of hydrogen-bond acceptors (Lipinski definition) is 3. The summed E-state index contributed by atoms with van der Waals surface area (Å²) in [4.78, 5) is 16.5. The fraction of sp³-hybridized carbons (Fsp3) is 0.250. The van der Waals surface area contributed by atoms with Gasteiger partial charge in [-0.3, -0.25) is 9.78 Å². The van der Waals surface area contributed by atoms with Crippen LogP contribution in [0.5, 0.6) is 0 Å². The quantitative estimate of drug-likeness (QED) is 0.693. The first kappa shape index (κ1) is 10.4. The fourth-order valence-corrected chi connectivity index (χ4v) is 1.66. The van der Waals surface area contributed by atoms with Gasteiger partial charge in [-0.15, -0.1) is 0 Å². The Morgan fingerprint density at radius 3 is 2.88 bits per heavy atom. The topological polar surface area (TPSA) is 57.0 Å². The van der Waals surface area contributed by atoms with E-state index in [-0.39, 0.29) is 0 Å². The Balaban J connectivity index is 2.16. The van der Waals surface area contributed by atoms with Gasteiger partial charge in [0.25, 0.3) is 0 Å². The van der Waals surface area contributed by atoms with Crippen LogP contribution in [0.1, 0.15) is 17.7 Å². The van der Waals surface area contributed by atoms with Crippen molar-refractivity contribution in [3.05, 3.63) is 35.7 Å². The lowest BCUT2D eigenvalue weighted by Gasteiger charge is -2.21. The summed E-state index contributed by atoms with van der Waals surface area (Å²) in [6.07, 6.45) is 5.26. The van der Waals surface area contributed by atoms with Crippen molar-refractivity contribution in [2.75, 3.05) is 13.1 Å². The number of nitrogens with zero attached hydrogens (tertiary/aromatic N) is 3. The number of nitriles is 1. The minimum Gasteiger partial charge on any atom is -0.341 e. The van der Waals surface area contributed by atoms with E-state index in [2.05, 4.69) is 4.98 Å². The first-order chi connectivity index (χ1) is 7.83. The smallest absolute Gasteiger partial charge is 0.209 e. The zero-order valence-corrected chi connectivity index (χ0v) is 8.76. The maximum absolute atomic E-state index is 10.5. The van der Waals surface area contributed by atoms with Gasteiger partial charge in [0, 0.05) is 19.3 Å². The Morgan fingerprint density at radius 1 is 1.50 bits per heavy atom. The van der Waals surface area contributed by atoms with Gasteiger partial charge in [0.15, 0.2) is 0 Å². The molecule has 2 rings (SSSR count). The van der Waals surface area contributed by atoms with Crippen LogP contribution in [0.15, 0.2) is 24.4 Å². The van der Waals surface area contributed by atoms with Gasteiger partial charge in [-0.25, -0.2) is 0 Å². The summed E-state index contributed by atoms with van der Waals surface area (Å²) in [5.74, 6) is 0. The molecule has 0 radical (unpaired) electrons. The third-order valence-corrected chi connectivity index (χ3v) is 2.61. The fourth-order valence-electron chi connectivity index (χ4n) is 1.66. The highest BCUT2D eigenvalue weighted by Crippen LogP contribution is 2.19. The van der Waals surface area contributed by atoms with Crippen LogP contribution in [0.3, 0.4) is 0 Å². The summed E-state index contributed by atoms with van der Waals surface area (Å²) in [5, 5.41) is 8.66. The molecule has 0 saturated heterocycles. The van der Waals surface area contributed by atoms with E-state index < -0.39 is 0 Å². The van der Waals surface area contributed by atoms with Crippen LogP contribution in [0, 0.1) is 11.3 Å². The van der Waals surface area contributed by atoms with E-state index in [1.165, 1.54) is 0 Å². The molecule has 1 aliphatic rings. The van der Waals surface area contributed by atoms with Crippen molar-refractivity contribution in [1.82, 2.24) is 9.88 Å². The van der Waals surface area contributed by atoms with Crippen molar-refractivity contribution >= 4 is 12.0 Å². The van der Waals surface area contributed by atoms with Gasteiger partial charge >= 0.3 is 0 Å². The summed E-state index contributed by atoms with van der Waals surface area (Å²) in [6.45, 7) is 1.37. The molecule has 0 bridgehead atoms. The van der Waals surface area contributed by atoms with E-state index in [4.69, 9.17) is 5.26 Å². The van der Waals surface area contributed by atoms with Gasteiger partial charge in [-0.1, -0.05) is 6.08 Å². The van der Waals surface area contributed by atoms with Gasteiger partial charge in [-0.05, 0) is 24.1 Å². The number of amides is 1. The molecule has 0 saturated carbocycles. The highest BCUT2D eigenvalue weighted by Gasteiger charge is 2.11. The van der Waals surface area contributed by atoms with E-state index in [0.717, 1.165) is 30.6 Å². The summed E-state index contributed by atoms with van der Waals surface area (Å²) >= 11 is 0. The zero-order chi connectivity index (χ0) is 11.4. The average molecular weight is 213 g/mol. The molecule has 0 aliphatic carbocycles. The van der Waals surface area contributed by atoms with Gasteiger partial charge < -0.3 is 4.90 Å². The second-order valence-corrected chi connectivity index (χ2v) is 3.62. The predicted molar refractivity (Wildman–Crippen MR) is 59.2 cm³/mol. The summed E-state index contributed by atoms with van der Waals surface area (Å²) in [6, 6.07) is 5.64. The van der Waals surface area contributed by atoms with Crippen molar-refractivity contribution < 1.29 is 4.79 Å². The van der Waals surface area contributed by atoms with E-state index >= 15 is 0 Å². The molecule has 80 valence electrons. The molecule has 4 heteroatoms. The third-order valence-electron chi connectivity index (χ3n) is 2.61. The molecule has 0 N–H and O–H groups in total. The minimum absolute atomic E-state index is 0.565. The molecule has 0 atom stereocenters. The average Bonchev–Trinajstić information content (AvgIpc) is 2.39. The van der Waals surface area contributed by atoms with Crippen molar-refractivity contribution in [3.63, 3.8) is 0 Å². The molecule has 2 heterocycles. The van der Waals surface area contributed by atoms with Crippen LogP contribution >= 0.6 is 0 Å². The van der Waals surface area contributed by atoms with E-state index in [1.807, 2.05) is 18.2 Å². The molecular formula is C12H11N3O. The highest BCUT2D eigenvalue weighted by molar-refractivity contribution is 5.65. The second kappa shape index (κ2) is 4.58. The lowest BCUT2D eigenvalue weighted by molar-refractivity contribution is -0.117. The molecule has 1 aliphatic heterocycles. The predicted octanol–water partition coefficient (Wildman–Crippen LogP) is 1.20. The molecule has 0 aromatic carbocycles. The standard InChI is InChI=1S/C12H11N3O/c13-7-10-1-2-12(14-8-10)11-3-5-15(9-16)6-4-11/h1-3,8-9H,4-6H2. The first-order valence-electron chi connectivity index (χ1n) is 5.08. The lowest BCUT2D eigenvalue weighted by Crippen LogP contribution is -2.26. The normalized spacial score (nSPS) is 15.2. The lowest BCUT2D eigenvalue weighted by atomic mass is 10.0. The number of carbonyl (C=O) groups is 1. The van der Waals surface area contributed by atoms with Gasteiger partial charge in [0.05, 0.1) is 11.3 Å². The van der Waals surface area contributed by atoms with Crippen LogP contribution in [0.4, 0.5) is 0 Å². The van der Waals surface area contributed by atoms with Crippen LogP contribution in [-0.4, -0.2) is 29.4 Å². The molecule has 0 fully saturated rings. The van der Waals surface area contributed by atoms with Crippen molar-refractivity contribution in [1.29, 1.82) is 5.26 Å². The molecule has 1 aromatic heterocycles. The molecule has 16 heavy (non-hydrogen) atoms. The molecule has 4 nitrogen and oxygen atoms in total.